The number of hydrogen-bond acceptors (Lipinski definition) is 3. The largest absolute Gasteiger partial charge is 0.377 e. The van der Waals surface area contributed by atoms with Crippen LogP contribution in [0.4, 0.5) is 0 Å². The second-order valence-corrected chi connectivity index (χ2v) is 2.59. The summed E-state index contributed by atoms with van der Waals surface area (Å²) in [4.78, 5) is 0. The Hall–Kier alpha value is 0.170. The maximum Gasteiger partial charge on any atom is 0.0984 e. The number of nitrogens with two attached hydrogens (primary N) is 1. The van der Waals surface area contributed by atoms with Gasteiger partial charge in [0.15, 0.2) is 0 Å². The van der Waals surface area contributed by atoms with Gasteiger partial charge in [-0.2, -0.15) is 0 Å². The first-order chi connectivity index (χ1) is 4.79. The highest BCUT2D eigenvalue weighted by Crippen LogP contribution is 2.24. The molecule has 0 spiro atoms. The first-order valence-corrected chi connectivity index (χ1v) is 3.69. The molecule has 0 heterocycles. The van der Waals surface area contributed by atoms with Gasteiger partial charge >= 0.3 is 0 Å². The fourth-order valence-corrected chi connectivity index (χ4v) is 1.32. The standard InChI is InChI=1S/C7H15NO2.ClH/c1-3-10-6-4-5(8)7(6)9-2;/h5-7H,3-4,8H2,1-2H3;1H. The molecule has 3 nitrogen and oxygen atoms in total. The molecule has 0 aromatic heterocycles. The van der Waals surface area contributed by atoms with Gasteiger partial charge in [-0.1, -0.05) is 0 Å². The van der Waals surface area contributed by atoms with Crippen LogP contribution in [0.15, 0.2) is 0 Å². The van der Waals surface area contributed by atoms with E-state index in [1.807, 2.05) is 6.92 Å². The molecular formula is C7H16ClNO2. The summed E-state index contributed by atoms with van der Waals surface area (Å²) < 4.78 is 10.5. The van der Waals surface area contributed by atoms with Crippen molar-refractivity contribution in [1.82, 2.24) is 0 Å². The third-order valence-electron chi connectivity index (χ3n) is 1.95. The fourth-order valence-electron chi connectivity index (χ4n) is 1.32. The van der Waals surface area contributed by atoms with Crippen LogP contribution in [0.3, 0.4) is 0 Å². The van der Waals surface area contributed by atoms with Crippen LogP contribution in [0.5, 0.6) is 0 Å². The van der Waals surface area contributed by atoms with E-state index in [0.717, 1.165) is 13.0 Å². The lowest BCUT2D eigenvalue weighted by Crippen LogP contribution is -2.57. The highest BCUT2D eigenvalue weighted by molar-refractivity contribution is 5.85. The molecule has 3 unspecified atom stereocenters. The van der Waals surface area contributed by atoms with E-state index in [9.17, 15) is 0 Å². The Morgan fingerprint density at radius 3 is 2.55 bits per heavy atom. The molecule has 1 fully saturated rings. The van der Waals surface area contributed by atoms with Crippen molar-refractivity contribution in [3.8, 4) is 0 Å². The lowest BCUT2D eigenvalue weighted by molar-refractivity contribution is -0.122. The van der Waals surface area contributed by atoms with E-state index in [4.69, 9.17) is 15.2 Å². The molecule has 0 aromatic carbocycles. The zero-order valence-electron chi connectivity index (χ0n) is 6.95. The minimum absolute atomic E-state index is 0. The highest BCUT2D eigenvalue weighted by atomic mass is 35.5. The van der Waals surface area contributed by atoms with Crippen molar-refractivity contribution in [2.75, 3.05) is 13.7 Å². The van der Waals surface area contributed by atoms with E-state index < -0.39 is 0 Å². The van der Waals surface area contributed by atoms with E-state index in [0.29, 0.717) is 0 Å². The number of methoxy groups -OCH3 is 1. The summed E-state index contributed by atoms with van der Waals surface area (Å²) in [6, 6.07) is 0.182. The Bertz CT molecular complexity index is 111. The van der Waals surface area contributed by atoms with Gasteiger partial charge in [-0.25, -0.2) is 0 Å². The summed E-state index contributed by atoms with van der Waals surface area (Å²) in [5, 5.41) is 0. The SMILES string of the molecule is CCOC1CC(N)C1OC.Cl. The van der Waals surface area contributed by atoms with Crippen LogP contribution in [0, 0.1) is 0 Å². The molecule has 1 rings (SSSR count). The average Bonchev–Trinajstić information content (AvgIpc) is 1.88. The molecule has 11 heavy (non-hydrogen) atoms. The summed E-state index contributed by atoms with van der Waals surface area (Å²) >= 11 is 0. The summed E-state index contributed by atoms with van der Waals surface area (Å²) in [5.41, 5.74) is 5.65. The Balaban J connectivity index is 0.000001000. The maximum absolute atomic E-state index is 5.65. The zero-order chi connectivity index (χ0) is 7.56. The Morgan fingerprint density at radius 1 is 1.55 bits per heavy atom. The monoisotopic (exact) mass is 181 g/mol. The van der Waals surface area contributed by atoms with Gasteiger partial charge < -0.3 is 15.2 Å². The van der Waals surface area contributed by atoms with Gasteiger partial charge in [0.1, 0.15) is 0 Å². The molecule has 0 aromatic rings. The molecule has 2 N–H and O–H groups in total. The lowest BCUT2D eigenvalue weighted by Gasteiger charge is -2.40. The molecule has 1 aliphatic carbocycles. The molecule has 68 valence electrons. The minimum Gasteiger partial charge on any atom is -0.377 e. The topological polar surface area (TPSA) is 44.5 Å². The second kappa shape index (κ2) is 4.93. The van der Waals surface area contributed by atoms with E-state index in [1.165, 1.54) is 0 Å². The van der Waals surface area contributed by atoms with Crippen LogP contribution >= 0.6 is 12.4 Å². The van der Waals surface area contributed by atoms with Crippen molar-refractivity contribution < 1.29 is 9.47 Å². The van der Waals surface area contributed by atoms with E-state index in [-0.39, 0.29) is 30.7 Å². The summed E-state index contributed by atoms with van der Waals surface area (Å²) in [6.45, 7) is 2.73. The third-order valence-corrected chi connectivity index (χ3v) is 1.95. The number of rotatable bonds is 3. The average molecular weight is 182 g/mol. The molecule has 0 saturated heterocycles. The quantitative estimate of drug-likeness (QED) is 0.692. The molecule has 4 heteroatoms. The van der Waals surface area contributed by atoms with Gasteiger partial charge in [0.25, 0.3) is 0 Å². The van der Waals surface area contributed by atoms with E-state index in [2.05, 4.69) is 0 Å². The van der Waals surface area contributed by atoms with Gasteiger partial charge in [0.2, 0.25) is 0 Å². The van der Waals surface area contributed by atoms with E-state index in [1.54, 1.807) is 7.11 Å². The lowest BCUT2D eigenvalue weighted by atomic mass is 9.86. The molecule has 0 amide bonds. The van der Waals surface area contributed by atoms with Crippen LogP contribution < -0.4 is 5.73 Å². The van der Waals surface area contributed by atoms with Crippen molar-refractivity contribution in [1.29, 1.82) is 0 Å². The summed E-state index contributed by atoms with van der Waals surface area (Å²) in [6.07, 6.45) is 1.30. The summed E-state index contributed by atoms with van der Waals surface area (Å²) in [5.74, 6) is 0. The number of ether oxygens (including phenoxy) is 2. The predicted octanol–water partition coefficient (Wildman–Crippen LogP) is 0.559. The molecule has 1 aliphatic rings. The van der Waals surface area contributed by atoms with Gasteiger partial charge in [0, 0.05) is 19.8 Å². The minimum atomic E-state index is 0. The zero-order valence-corrected chi connectivity index (χ0v) is 7.76. The van der Waals surface area contributed by atoms with Crippen LogP contribution in [-0.4, -0.2) is 32.0 Å². The molecule has 0 radical (unpaired) electrons. The first kappa shape index (κ1) is 11.2. The predicted molar refractivity (Wildman–Crippen MR) is 46.1 cm³/mol. The van der Waals surface area contributed by atoms with Crippen molar-refractivity contribution in [3.63, 3.8) is 0 Å². The van der Waals surface area contributed by atoms with Crippen LogP contribution in [0.1, 0.15) is 13.3 Å². The van der Waals surface area contributed by atoms with Crippen molar-refractivity contribution >= 4 is 12.4 Å². The normalized spacial score (nSPS) is 35.7. The van der Waals surface area contributed by atoms with Crippen molar-refractivity contribution in [3.05, 3.63) is 0 Å². The third kappa shape index (κ3) is 2.30. The highest BCUT2D eigenvalue weighted by Gasteiger charge is 2.39. The number of hydrogen-bond donors (Lipinski definition) is 1. The summed E-state index contributed by atoms with van der Waals surface area (Å²) in [7, 11) is 1.68. The number of halogens is 1. The van der Waals surface area contributed by atoms with E-state index >= 15 is 0 Å². The molecule has 0 aliphatic heterocycles. The Morgan fingerprint density at radius 2 is 2.18 bits per heavy atom. The van der Waals surface area contributed by atoms with Crippen molar-refractivity contribution in [2.45, 2.75) is 31.6 Å². The van der Waals surface area contributed by atoms with Gasteiger partial charge in [0.05, 0.1) is 12.2 Å². The van der Waals surface area contributed by atoms with Gasteiger partial charge in [-0.05, 0) is 13.3 Å². The Kier molecular flexibility index (Phi) is 5.01. The van der Waals surface area contributed by atoms with Crippen LogP contribution in [-0.2, 0) is 9.47 Å². The van der Waals surface area contributed by atoms with Crippen LogP contribution in [0.2, 0.25) is 0 Å². The maximum atomic E-state index is 5.65. The second-order valence-electron chi connectivity index (χ2n) is 2.59. The fraction of sp³-hybridized carbons (Fsp3) is 1.00. The molecule has 1 saturated carbocycles. The first-order valence-electron chi connectivity index (χ1n) is 3.69. The smallest absolute Gasteiger partial charge is 0.0984 e. The van der Waals surface area contributed by atoms with Gasteiger partial charge in [-0.3, -0.25) is 0 Å². The molecule has 3 atom stereocenters. The Labute approximate surface area is 73.6 Å². The molecule has 0 bridgehead atoms. The van der Waals surface area contributed by atoms with Crippen LogP contribution in [0.25, 0.3) is 0 Å². The van der Waals surface area contributed by atoms with Gasteiger partial charge in [-0.15, -0.1) is 12.4 Å². The van der Waals surface area contributed by atoms with Crippen molar-refractivity contribution in [2.24, 2.45) is 5.73 Å². The molecular weight excluding hydrogens is 166 g/mol.